The second-order valence-electron chi connectivity index (χ2n) is 30.6. The summed E-state index contributed by atoms with van der Waals surface area (Å²) >= 11 is 0. The summed E-state index contributed by atoms with van der Waals surface area (Å²) in [5, 5.41) is 10.7. The molecule has 19 heteroatoms. The van der Waals surface area contributed by atoms with Gasteiger partial charge in [0.2, 0.25) is 0 Å². The maximum absolute atomic E-state index is 13.1. The number of phosphoric acid groups is 2. The lowest BCUT2D eigenvalue weighted by atomic mass is 9.99. The van der Waals surface area contributed by atoms with Gasteiger partial charge in [-0.15, -0.1) is 0 Å². The van der Waals surface area contributed by atoms with Gasteiger partial charge in [-0.1, -0.05) is 388 Å². The molecule has 0 spiro atoms. The van der Waals surface area contributed by atoms with E-state index in [9.17, 15) is 43.2 Å². The van der Waals surface area contributed by atoms with Gasteiger partial charge < -0.3 is 33.8 Å². The molecule has 0 amide bonds. The van der Waals surface area contributed by atoms with Gasteiger partial charge >= 0.3 is 39.5 Å². The Morgan fingerprint density at radius 3 is 0.745 bits per heavy atom. The molecule has 0 saturated heterocycles. The Morgan fingerprint density at radius 2 is 0.500 bits per heavy atom. The molecule has 3 unspecified atom stereocenters. The van der Waals surface area contributed by atoms with Gasteiger partial charge in [-0.25, -0.2) is 9.13 Å². The summed E-state index contributed by atoms with van der Waals surface area (Å²) in [5.41, 5.74) is 0. The Bertz CT molecular complexity index is 1960. The molecule has 102 heavy (non-hydrogen) atoms. The van der Waals surface area contributed by atoms with Crippen molar-refractivity contribution < 1.29 is 80.2 Å². The van der Waals surface area contributed by atoms with Crippen molar-refractivity contribution >= 4 is 39.5 Å². The number of phosphoric ester groups is 2. The monoisotopic (exact) mass is 1490 g/mol. The Kier molecular flexibility index (Phi) is 73.1. The van der Waals surface area contributed by atoms with E-state index in [4.69, 9.17) is 37.0 Å². The first-order chi connectivity index (χ1) is 49.4. The zero-order chi connectivity index (χ0) is 74.9. The van der Waals surface area contributed by atoms with Crippen molar-refractivity contribution in [2.75, 3.05) is 39.6 Å². The number of aliphatic hydroxyl groups excluding tert-OH is 1. The zero-order valence-corrected chi connectivity index (χ0v) is 68.7. The van der Waals surface area contributed by atoms with Gasteiger partial charge in [-0.05, 0) is 37.5 Å². The van der Waals surface area contributed by atoms with Crippen molar-refractivity contribution in [1.29, 1.82) is 0 Å². The quantitative estimate of drug-likeness (QED) is 0.0222. The van der Waals surface area contributed by atoms with Crippen LogP contribution in [-0.2, 0) is 65.4 Å². The van der Waals surface area contributed by atoms with Crippen molar-refractivity contribution in [3.8, 4) is 0 Å². The van der Waals surface area contributed by atoms with Crippen molar-refractivity contribution in [3.63, 3.8) is 0 Å². The first kappa shape index (κ1) is 100. The largest absolute Gasteiger partial charge is 0.472 e. The zero-order valence-electron chi connectivity index (χ0n) is 66.9. The molecular formula is C83H162O17P2. The number of ether oxygens (including phenoxy) is 4. The summed E-state index contributed by atoms with van der Waals surface area (Å²) in [6, 6.07) is 0. The van der Waals surface area contributed by atoms with Crippen LogP contribution in [0.25, 0.3) is 0 Å². The topological polar surface area (TPSA) is 237 Å². The van der Waals surface area contributed by atoms with Crippen LogP contribution in [0.5, 0.6) is 0 Å². The van der Waals surface area contributed by atoms with Crippen molar-refractivity contribution in [2.24, 2.45) is 11.8 Å². The molecule has 0 aliphatic rings. The van der Waals surface area contributed by atoms with Crippen LogP contribution in [0.2, 0.25) is 0 Å². The lowest BCUT2D eigenvalue weighted by Crippen LogP contribution is -2.30. The Balaban J connectivity index is 5.25. The molecule has 0 fully saturated rings. The van der Waals surface area contributed by atoms with E-state index in [1.165, 1.54) is 257 Å². The minimum atomic E-state index is -4.96. The van der Waals surface area contributed by atoms with Gasteiger partial charge in [-0.3, -0.25) is 37.3 Å². The number of hydrogen-bond donors (Lipinski definition) is 3. The van der Waals surface area contributed by atoms with Gasteiger partial charge in [0, 0.05) is 25.7 Å². The maximum atomic E-state index is 13.1. The van der Waals surface area contributed by atoms with Crippen LogP contribution in [-0.4, -0.2) is 96.7 Å². The van der Waals surface area contributed by atoms with Gasteiger partial charge in [0.1, 0.15) is 19.3 Å². The predicted molar refractivity (Wildman–Crippen MR) is 418 cm³/mol. The first-order valence-corrected chi connectivity index (χ1v) is 46.0. The van der Waals surface area contributed by atoms with Crippen LogP contribution in [0.3, 0.4) is 0 Å². The molecule has 6 atom stereocenters. The normalized spacial score (nSPS) is 14.1. The Morgan fingerprint density at radius 1 is 0.284 bits per heavy atom. The van der Waals surface area contributed by atoms with Gasteiger partial charge in [0.25, 0.3) is 0 Å². The average Bonchev–Trinajstić information content (AvgIpc) is 0.919. The summed E-state index contributed by atoms with van der Waals surface area (Å²) in [6.45, 7) is 9.74. The molecule has 0 saturated carbocycles. The van der Waals surface area contributed by atoms with E-state index >= 15 is 0 Å². The molecule has 0 aliphatic heterocycles. The summed E-state index contributed by atoms with van der Waals surface area (Å²) in [7, 11) is -9.92. The summed E-state index contributed by atoms with van der Waals surface area (Å²) in [6.07, 6.45) is 65.0. The molecule has 0 heterocycles. The highest BCUT2D eigenvalue weighted by molar-refractivity contribution is 7.47. The number of esters is 4. The molecule has 0 aromatic carbocycles. The fourth-order valence-corrected chi connectivity index (χ4v) is 14.4. The highest BCUT2D eigenvalue weighted by atomic mass is 31.2. The summed E-state index contributed by atoms with van der Waals surface area (Å²) in [5.74, 6) is -0.444. The third kappa shape index (κ3) is 74.9. The van der Waals surface area contributed by atoms with Crippen molar-refractivity contribution in [2.45, 2.75) is 458 Å². The predicted octanol–water partition coefficient (Wildman–Crippen LogP) is 25.1. The number of unbranched alkanes of at least 4 members (excludes halogenated alkanes) is 51. The van der Waals surface area contributed by atoms with Crippen LogP contribution >= 0.6 is 15.6 Å². The molecule has 0 bridgehead atoms. The first-order valence-electron chi connectivity index (χ1n) is 43.0. The molecule has 0 rings (SSSR count). The van der Waals surface area contributed by atoms with E-state index < -0.39 is 97.5 Å². The third-order valence-electron chi connectivity index (χ3n) is 19.8. The molecule has 0 aromatic rings. The van der Waals surface area contributed by atoms with Gasteiger partial charge in [0.05, 0.1) is 26.4 Å². The van der Waals surface area contributed by atoms with E-state index in [0.717, 1.165) is 102 Å². The van der Waals surface area contributed by atoms with Crippen LogP contribution in [0, 0.1) is 11.8 Å². The van der Waals surface area contributed by atoms with Gasteiger partial charge in [0.15, 0.2) is 12.2 Å². The second kappa shape index (κ2) is 74.5. The molecule has 3 N–H and O–H groups in total. The highest BCUT2D eigenvalue weighted by Crippen LogP contribution is 2.45. The van der Waals surface area contributed by atoms with Crippen LogP contribution in [0.15, 0.2) is 0 Å². The molecule has 0 aromatic heterocycles. The maximum Gasteiger partial charge on any atom is 0.472 e. The van der Waals surface area contributed by atoms with Crippen molar-refractivity contribution in [1.82, 2.24) is 0 Å². The number of aliphatic hydroxyl groups is 1. The lowest BCUT2D eigenvalue weighted by molar-refractivity contribution is -0.161. The van der Waals surface area contributed by atoms with Crippen molar-refractivity contribution in [3.05, 3.63) is 0 Å². The van der Waals surface area contributed by atoms with E-state index in [1.54, 1.807) is 0 Å². The summed E-state index contributed by atoms with van der Waals surface area (Å²) in [4.78, 5) is 73.1. The highest BCUT2D eigenvalue weighted by Gasteiger charge is 2.30. The van der Waals surface area contributed by atoms with E-state index in [1.807, 2.05) is 0 Å². The summed E-state index contributed by atoms with van der Waals surface area (Å²) < 4.78 is 68.8. The molecule has 606 valence electrons. The molecular weight excluding hydrogens is 1330 g/mol. The molecule has 0 aliphatic carbocycles. The second-order valence-corrected chi connectivity index (χ2v) is 33.5. The third-order valence-corrected chi connectivity index (χ3v) is 21.7. The minimum absolute atomic E-state index is 0.108. The standard InChI is InChI=1S/C83H162O17P2/c1-7-10-12-14-16-18-20-28-37-43-49-55-61-67-82(87)99-78(71-93-80(85)65-59-53-47-41-35-21-19-17-15-13-11-8-2)73-97-101(89,90)95-69-77(84)70-96-102(91,92)98-74-79(72-94-81(86)66-60-54-48-42-36-31-27-26-30-34-40-46-52-58-64-76(6)9-3)100-83(88)68-62-56-50-44-38-32-25-23-22-24-29-33-39-45-51-57-63-75(4)5/h75-79,84H,7-74H2,1-6H3,(H,89,90)(H,91,92)/t76?,77-,78+,79+/m0/s1. The fraction of sp³-hybridized carbons (Fsp3) is 0.952. The van der Waals surface area contributed by atoms with E-state index in [-0.39, 0.29) is 25.7 Å². The molecule has 0 radical (unpaired) electrons. The van der Waals surface area contributed by atoms with Crippen LogP contribution in [0.1, 0.15) is 440 Å². The Hall–Kier alpha value is -1.94. The minimum Gasteiger partial charge on any atom is -0.462 e. The van der Waals surface area contributed by atoms with Gasteiger partial charge in [-0.2, -0.15) is 0 Å². The number of hydrogen-bond acceptors (Lipinski definition) is 15. The van der Waals surface area contributed by atoms with Crippen LogP contribution in [0.4, 0.5) is 0 Å². The lowest BCUT2D eigenvalue weighted by Gasteiger charge is -2.21. The Labute approximate surface area is 626 Å². The number of carbonyl (C=O) groups is 4. The smallest absolute Gasteiger partial charge is 0.462 e. The number of rotatable bonds is 82. The van der Waals surface area contributed by atoms with E-state index in [2.05, 4.69) is 41.5 Å². The van der Waals surface area contributed by atoms with Crippen LogP contribution < -0.4 is 0 Å². The SMILES string of the molecule is CCCCCCCCCCCCCCCC(=O)O[C@H](COC(=O)CCCCCCCCCCCCCC)COP(=O)(O)OC[C@H](O)COP(=O)(O)OC[C@@H](COC(=O)CCCCCCCCCCCCCCCCC(C)CC)OC(=O)CCCCCCCCCCCCCCCCCCC(C)C. The van der Waals surface area contributed by atoms with E-state index in [0.29, 0.717) is 25.7 Å². The molecule has 17 nitrogen and oxygen atoms in total. The number of carbonyl (C=O) groups excluding carboxylic acids is 4. The fourth-order valence-electron chi connectivity index (χ4n) is 12.9. The average molecular weight is 1490 g/mol.